The van der Waals surface area contributed by atoms with Gasteiger partial charge in [0.2, 0.25) is 0 Å². The van der Waals surface area contributed by atoms with Gasteiger partial charge in [-0.05, 0) is 34.7 Å². The van der Waals surface area contributed by atoms with Gasteiger partial charge in [0.25, 0.3) is 0 Å². The van der Waals surface area contributed by atoms with Crippen molar-refractivity contribution in [2.75, 3.05) is 14.2 Å². The molecule has 0 fully saturated rings. The van der Waals surface area contributed by atoms with Crippen molar-refractivity contribution >= 4 is 34.5 Å². The molecule has 0 aliphatic carbocycles. The van der Waals surface area contributed by atoms with Crippen molar-refractivity contribution in [3.8, 4) is 5.69 Å². The van der Waals surface area contributed by atoms with Crippen LogP contribution >= 0.6 is 22.6 Å². The Morgan fingerprint density at radius 3 is 2.25 bits per heavy atom. The first-order valence-corrected chi connectivity index (χ1v) is 6.68. The molecule has 2 rings (SSSR count). The zero-order valence-corrected chi connectivity index (χ0v) is 12.9. The van der Waals surface area contributed by atoms with Crippen LogP contribution < -0.4 is 0 Å². The Morgan fingerprint density at radius 1 is 1.10 bits per heavy atom. The molecule has 7 heteroatoms. The van der Waals surface area contributed by atoms with Crippen molar-refractivity contribution in [3.05, 3.63) is 45.3 Å². The summed E-state index contributed by atoms with van der Waals surface area (Å²) < 4.78 is 11.3. The molecule has 0 spiro atoms. The van der Waals surface area contributed by atoms with Crippen molar-refractivity contribution < 1.29 is 19.1 Å². The molecular weight excluding hydrogens is 375 g/mol. The number of hydrogen-bond acceptors (Lipinski definition) is 5. The summed E-state index contributed by atoms with van der Waals surface area (Å²) in [5.74, 6) is -1.31. The van der Waals surface area contributed by atoms with Gasteiger partial charge < -0.3 is 9.47 Å². The normalized spacial score (nSPS) is 10.2. The number of benzene rings is 1. The molecule has 0 saturated heterocycles. The maximum atomic E-state index is 11.8. The van der Waals surface area contributed by atoms with E-state index in [0.717, 1.165) is 5.69 Å². The lowest BCUT2D eigenvalue weighted by atomic mass is 10.2. The number of carbonyl (C=O) groups is 2. The third kappa shape index (κ3) is 2.53. The Balaban J connectivity index is 2.65. The largest absolute Gasteiger partial charge is 0.465 e. The van der Waals surface area contributed by atoms with Gasteiger partial charge in [0.1, 0.15) is 9.26 Å². The van der Waals surface area contributed by atoms with Crippen molar-refractivity contribution in [3.63, 3.8) is 0 Å². The van der Waals surface area contributed by atoms with Crippen LogP contribution in [0, 0.1) is 3.70 Å². The van der Waals surface area contributed by atoms with E-state index in [1.807, 2.05) is 52.9 Å². The molecule has 0 aliphatic heterocycles. The van der Waals surface area contributed by atoms with Gasteiger partial charge in [-0.25, -0.2) is 14.3 Å². The fraction of sp³-hybridized carbons (Fsp3) is 0.154. The van der Waals surface area contributed by atoms with Crippen LogP contribution in [0.5, 0.6) is 0 Å². The molecule has 104 valence electrons. The lowest BCUT2D eigenvalue weighted by Gasteiger charge is -2.02. The van der Waals surface area contributed by atoms with Gasteiger partial charge in [0.05, 0.1) is 19.9 Å². The van der Waals surface area contributed by atoms with Gasteiger partial charge in [-0.1, -0.05) is 18.2 Å². The maximum absolute atomic E-state index is 11.8. The predicted molar refractivity (Wildman–Crippen MR) is 79.0 cm³/mol. The Hall–Kier alpha value is -1.90. The van der Waals surface area contributed by atoms with Crippen molar-refractivity contribution in [2.24, 2.45) is 0 Å². The van der Waals surface area contributed by atoms with E-state index in [2.05, 4.69) is 9.84 Å². The van der Waals surface area contributed by atoms with Crippen LogP contribution in [0.1, 0.15) is 20.8 Å². The van der Waals surface area contributed by atoms with Crippen LogP contribution in [-0.2, 0) is 9.47 Å². The average molecular weight is 386 g/mol. The van der Waals surface area contributed by atoms with E-state index in [-0.39, 0.29) is 11.3 Å². The molecule has 6 nitrogen and oxygen atoms in total. The number of halogens is 1. The summed E-state index contributed by atoms with van der Waals surface area (Å²) in [4.78, 5) is 23.6. The molecule has 0 bridgehead atoms. The molecule has 1 aromatic carbocycles. The minimum Gasteiger partial charge on any atom is -0.465 e. The summed E-state index contributed by atoms with van der Waals surface area (Å²) in [6.07, 6.45) is 0. The standard InChI is InChI=1S/C13H11IN2O4/c1-19-12(17)9-10(13(18)20-2)15-16(11(9)14)8-6-4-3-5-7-8/h3-7H,1-2H3. The van der Waals surface area contributed by atoms with Gasteiger partial charge in [0.15, 0.2) is 5.69 Å². The van der Waals surface area contributed by atoms with Crippen LogP contribution in [0.3, 0.4) is 0 Å². The number of esters is 2. The summed E-state index contributed by atoms with van der Waals surface area (Å²) in [6, 6.07) is 9.17. The van der Waals surface area contributed by atoms with Crippen LogP contribution in [0.15, 0.2) is 30.3 Å². The van der Waals surface area contributed by atoms with E-state index in [0.29, 0.717) is 3.70 Å². The first-order chi connectivity index (χ1) is 9.60. The second-order valence-corrected chi connectivity index (χ2v) is 4.77. The van der Waals surface area contributed by atoms with Crippen LogP contribution in [0.4, 0.5) is 0 Å². The second kappa shape index (κ2) is 6.04. The monoisotopic (exact) mass is 386 g/mol. The maximum Gasteiger partial charge on any atom is 0.359 e. The Labute approximate surface area is 128 Å². The number of nitrogens with zero attached hydrogens (tertiary/aromatic N) is 2. The number of para-hydroxylation sites is 1. The number of carbonyl (C=O) groups excluding carboxylic acids is 2. The summed E-state index contributed by atoms with van der Waals surface area (Å²) in [7, 11) is 2.48. The Bertz CT molecular complexity index is 652. The summed E-state index contributed by atoms with van der Waals surface area (Å²) in [5.41, 5.74) is 0.772. The first-order valence-electron chi connectivity index (χ1n) is 5.60. The Kier molecular flexibility index (Phi) is 4.38. The minimum atomic E-state index is -0.682. The number of methoxy groups -OCH3 is 2. The van der Waals surface area contributed by atoms with Gasteiger partial charge >= 0.3 is 11.9 Å². The van der Waals surface area contributed by atoms with E-state index >= 15 is 0 Å². The molecule has 0 aliphatic rings. The smallest absolute Gasteiger partial charge is 0.359 e. The fourth-order valence-electron chi connectivity index (χ4n) is 1.66. The van der Waals surface area contributed by atoms with E-state index in [4.69, 9.17) is 4.74 Å². The summed E-state index contributed by atoms with van der Waals surface area (Å²) >= 11 is 1.95. The van der Waals surface area contributed by atoms with E-state index in [1.54, 1.807) is 0 Å². The fourth-order valence-corrected chi connectivity index (χ4v) is 2.52. The highest BCUT2D eigenvalue weighted by molar-refractivity contribution is 14.1. The minimum absolute atomic E-state index is 0.0624. The molecule has 0 atom stereocenters. The van der Waals surface area contributed by atoms with E-state index < -0.39 is 11.9 Å². The average Bonchev–Trinajstić information content (AvgIpc) is 2.84. The number of aromatic nitrogens is 2. The molecule has 20 heavy (non-hydrogen) atoms. The van der Waals surface area contributed by atoms with E-state index in [9.17, 15) is 9.59 Å². The van der Waals surface area contributed by atoms with Crippen LogP contribution in [0.25, 0.3) is 5.69 Å². The molecule has 0 amide bonds. The molecule has 0 radical (unpaired) electrons. The summed E-state index contributed by atoms with van der Waals surface area (Å²) in [6.45, 7) is 0. The number of rotatable bonds is 3. The third-order valence-electron chi connectivity index (χ3n) is 2.60. The molecule has 0 saturated carbocycles. The molecule has 1 heterocycles. The molecule has 0 unspecified atom stereocenters. The molecular formula is C13H11IN2O4. The lowest BCUT2D eigenvalue weighted by Crippen LogP contribution is -2.11. The molecule has 2 aromatic rings. The molecule has 0 N–H and O–H groups in total. The van der Waals surface area contributed by atoms with Gasteiger partial charge in [0, 0.05) is 0 Å². The highest BCUT2D eigenvalue weighted by atomic mass is 127. The van der Waals surface area contributed by atoms with Gasteiger partial charge in [-0.3, -0.25) is 0 Å². The van der Waals surface area contributed by atoms with Crippen molar-refractivity contribution in [1.29, 1.82) is 0 Å². The number of ether oxygens (including phenoxy) is 2. The molecule has 1 aromatic heterocycles. The van der Waals surface area contributed by atoms with Gasteiger partial charge in [-0.15, -0.1) is 0 Å². The Morgan fingerprint density at radius 2 is 1.70 bits per heavy atom. The quantitative estimate of drug-likeness (QED) is 0.597. The van der Waals surface area contributed by atoms with E-state index in [1.165, 1.54) is 18.9 Å². The zero-order valence-electron chi connectivity index (χ0n) is 10.8. The van der Waals surface area contributed by atoms with Gasteiger partial charge in [-0.2, -0.15) is 5.10 Å². The highest BCUT2D eigenvalue weighted by Crippen LogP contribution is 2.22. The lowest BCUT2D eigenvalue weighted by molar-refractivity contribution is 0.0551. The highest BCUT2D eigenvalue weighted by Gasteiger charge is 2.28. The topological polar surface area (TPSA) is 70.4 Å². The number of hydrogen-bond donors (Lipinski definition) is 0. The van der Waals surface area contributed by atoms with Crippen molar-refractivity contribution in [1.82, 2.24) is 9.78 Å². The van der Waals surface area contributed by atoms with Crippen LogP contribution in [0.2, 0.25) is 0 Å². The first kappa shape index (κ1) is 14.5. The van der Waals surface area contributed by atoms with Crippen molar-refractivity contribution in [2.45, 2.75) is 0 Å². The second-order valence-electron chi connectivity index (χ2n) is 3.74. The summed E-state index contributed by atoms with van der Waals surface area (Å²) in [5, 5.41) is 4.15. The zero-order chi connectivity index (χ0) is 14.7. The third-order valence-corrected chi connectivity index (χ3v) is 3.59. The van der Waals surface area contributed by atoms with Crippen LogP contribution in [-0.4, -0.2) is 35.9 Å². The SMILES string of the molecule is COC(=O)c1nn(-c2ccccc2)c(I)c1C(=O)OC. The predicted octanol–water partition coefficient (Wildman–Crippen LogP) is 2.05.